The van der Waals surface area contributed by atoms with Gasteiger partial charge in [-0.1, -0.05) is 41.4 Å². The summed E-state index contributed by atoms with van der Waals surface area (Å²) in [5.41, 5.74) is 4.33. The van der Waals surface area contributed by atoms with Gasteiger partial charge in [-0.15, -0.1) is 0 Å². The lowest BCUT2D eigenvalue weighted by atomic mass is 10.1. The van der Waals surface area contributed by atoms with Crippen molar-refractivity contribution in [3.63, 3.8) is 0 Å². The van der Waals surface area contributed by atoms with E-state index in [1.54, 1.807) is 7.05 Å². The molecule has 2 aromatic heterocycles. The molecule has 198 valence electrons. The zero-order valence-corrected chi connectivity index (χ0v) is 23.4. The van der Waals surface area contributed by atoms with Crippen LogP contribution in [0.15, 0.2) is 52.1 Å². The number of hydrogen-bond donors (Lipinski definition) is 1. The van der Waals surface area contributed by atoms with E-state index >= 15 is 0 Å². The predicted molar refractivity (Wildman–Crippen MR) is 157 cm³/mol. The molecule has 3 heterocycles. The van der Waals surface area contributed by atoms with E-state index < -0.39 is 5.69 Å². The van der Waals surface area contributed by atoms with Crippen molar-refractivity contribution in [3.8, 4) is 0 Å². The number of hydrogen-bond acceptors (Lipinski definition) is 5. The number of anilines is 2. The number of nitrogens with zero attached hydrogens (tertiary/aromatic N) is 6. The molecule has 38 heavy (non-hydrogen) atoms. The zero-order chi connectivity index (χ0) is 27.1. The molecule has 1 aliphatic rings. The molecule has 0 saturated carbocycles. The SMILES string of the molecule is Cc1ccc(NC(=S)N2CCN(c3nc4c(c(=O)n(C)c(=O)n4C)n3Cc3ccc(Cl)cc3)CC2)c(C)c1. The molecule has 11 heteroatoms. The maximum Gasteiger partial charge on any atom is 0.332 e. The number of halogens is 1. The normalized spacial score (nSPS) is 13.8. The second-order valence-corrected chi connectivity index (χ2v) is 10.5. The molecule has 0 atom stereocenters. The summed E-state index contributed by atoms with van der Waals surface area (Å²) in [6.45, 7) is 7.26. The van der Waals surface area contributed by atoms with E-state index in [1.807, 2.05) is 28.8 Å². The van der Waals surface area contributed by atoms with Gasteiger partial charge in [0.1, 0.15) is 0 Å². The molecule has 0 amide bonds. The van der Waals surface area contributed by atoms with Crippen molar-refractivity contribution < 1.29 is 0 Å². The summed E-state index contributed by atoms with van der Waals surface area (Å²) in [6.07, 6.45) is 0. The van der Waals surface area contributed by atoms with Crippen molar-refractivity contribution >= 4 is 51.7 Å². The molecule has 1 N–H and O–H groups in total. The van der Waals surface area contributed by atoms with Crippen molar-refractivity contribution in [2.75, 3.05) is 36.4 Å². The number of aromatic nitrogens is 4. The average molecular weight is 552 g/mol. The highest BCUT2D eigenvalue weighted by molar-refractivity contribution is 7.80. The number of rotatable bonds is 4. The molecule has 1 saturated heterocycles. The van der Waals surface area contributed by atoms with Gasteiger partial charge in [-0.2, -0.15) is 4.98 Å². The van der Waals surface area contributed by atoms with Crippen LogP contribution in [0.4, 0.5) is 11.6 Å². The predicted octanol–water partition coefficient (Wildman–Crippen LogP) is 3.27. The van der Waals surface area contributed by atoms with Crippen molar-refractivity contribution in [1.82, 2.24) is 23.6 Å². The van der Waals surface area contributed by atoms with Crippen molar-refractivity contribution in [2.24, 2.45) is 14.1 Å². The van der Waals surface area contributed by atoms with Gasteiger partial charge in [0.25, 0.3) is 5.56 Å². The van der Waals surface area contributed by atoms with Crippen LogP contribution >= 0.6 is 23.8 Å². The van der Waals surface area contributed by atoms with E-state index in [-0.39, 0.29) is 5.56 Å². The molecule has 0 unspecified atom stereocenters. The van der Waals surface area contributed by atoms with E-state index in [9.17, 15) is 9.59 Å². The maximum absolute atomic E-state index is 13.2. The van der Waals surface area contributed by atoms with Crippen LogP contribution in [0, 0.1) is 13.8 Å². The molecule has 4 aromatic rings. The number of piperazine rings is 1. The first-order chi connectivity index (χ1) is 18.1. The van der Waals surface area contributed by atoms with Gasteiger partial charge in [0.2, 0.25) is 5.95 Å². The Labute approximate surface area is 230 Å². The van der Waals surface area contributed by atoms with Crippen LogP contribution in [0.25, 0.3) is 11.2 Å². The molecule has 2 aromatic carbocycles. The molecule has 0 aliphatic carbocycles. The van der Waals surface area contributed by atoms with E-state index in [1.165, 1.54) is 17.2 Å². The Morgan fingerprint density at radius 3 is 2.34 bits per heavy atom. The Bertz CT molecular complexity index is 1650. The Morgan fingerprint density at radius 1 is 1.00 bits per heavy atom. The van der Waals surface area contributed by atoms with E-state index in [4.69, 9.17) is 28.8 Å². The summed E-state index contributed by atoms with van der Waals surface area (Å²) in [5.74, 6) is 0.654. The van der Waals surface area contributed by atoms with E-state index in [2.05, 4.69) is 47.2 Å². The molecule has 1 aliphatic heterocycles. The monoisotopic (exact) mass is 551 g/mol. The Balaban J connectivity index is 1.44. The van der Waals surface area contributed by atoms with Gasteiger partial charge < -0.3 is 15.1 Å². The Morgan fingerprint density at radius 2 is 1.68 bits per heavy atom. The lowest BCUT2D eigenvalue weighted by molar-refractivity contribution is 0.386. The molecule has 0 radical (unpaired) electrons. The molecule has 9 nitrogen and oxygen atoms in total. The Hall–Kier alpha value is -3.63. The van der Waals surface area contributed by atoms with Crippen molar-refractivity contribution in [3.05, 3.63) is 85.0 Å². The molecule has 1 fully saturated rings. The molecule has 0 spiro atoms. The third-order valence-electron chi connectivity index (χ3n) is 7.06. The van der Waals surface area contributed by atoms with Gasteiger partial charge in [-0.3, -0.25) is 18.5 Å². The minimum Gasteiger partial charge on any atom is -0.345 e. The average Bonchev–Trinajstić information content (AvgIpc) is 3.28. The summed E-state index contributed by atoms with van der Waals surface area (Å²) in [5, 5.41) is 4.71. The van der Waals surface area contributed by atoms with Crippen molar-refractivity contribution in [1.29, 1.82) is 0 Å². The van der Waals surface area contributed by atoms with Crippen LogP contribution in [0.2, 0.25) is 5.02 Å². The van der Waals surface area contributed by atoms with E-state index in [0.717, 1.165) is 21.4 Å². The van der Waals surface area contributed by atoms with Gasteiger partial charge in [0.05, 0.1) is 6.54 Å². The fourth-order valence-corrected chi connectivity index (χ4v) is 5.27. The quantitative estimate of drug-likeness (QED) is 0.390. The van der Waals surface area contributed by atoms with Gasteiger partial charge in [-0.25, -0.2) is 4.79 Å². The van der Waals surface area contributed by atoms with Crippen LogP contribution in [0.1, 0.15) is 16.7 Å². The standard InChI is InChI=1S/C27H30ClN7O2S/c1-17-5-10-21(18(2)15-17)29-26(38)34-13-11-33(12-14-34)25-30-23-22(24(36)32(4)27(37)31(23)3)35(25)16-19-6-8-20(28)9-7-19/h5-10,15H,11-14,16H2,1-4H3,(H,29,38). The van der Waals surface area contributed by atoms with Crippen LogP contribution in [-0.2, 0) is 20.6 Å². The zero-order valence-electron chi connectivity index (χ0n) is 21.9. The summed E-state index contributed by atoms with van der Waals surface area (Å²) < 4.78 is 4.46. The van der Waals surface area contributed by atoms with Gasteiger partial charge >= 0.3 is 5.69 Å². The summed E-state index contributed by atoms with van der Waals surface area (Å²) in [4.78, 5) is 35.0. The van der Waals surface area contributed by atoms with Crippen LogP contribution in [0.5, 0.6) is 0 Å². The fraction of sp³-hybridized carbons (Fsp3) is 0.333. The van der Waals surface area contributed by atoms with Gasteiger partial charge in [-0.05, 0) is 55.4 Å². The highest BCUT2D eigenvalue weighted by Crippen LogP contribution is 2.24. The van der Waals surface area contributed by atoms with Gasteiger partial charge in [0, 0.05) is 51.0 Å². The highest BCUT2D eigenvalue weighted by atomic mass is 35.5. The summed E-state index contributed by atoms with van der Waals surface area (Å²) in [6, 6.07) is 13.8. The first-order valence-corrected chi connectivity index (χ1v) is 13.2. The number of fused-ring (bicyclic) bond motifs is 1. The van der Waals surface area contributed by atoms with Crippen LogP contribution < -0.4 is 21.5 Å². The minimum atomic E-state index is -0.405. The number of benzene rings is 2. The highest BCUT2D eigenvalue weighted by Gasteiger charge is 2.26. The second-order valence-electron chi connectivity index (χ2n) is 9.73. The largest absolute Gasteiger partial charge is 0.345 e. The fourth-order valence-electron chi connectivity index (χ4n) is 4.86. The molecule has 5 rings (SSSR count). The molecule has 0 bridgehead atoms. The first-order valence-electron chi connectivity index (χ1n) is 12.4. The lowest BCUT2D eigenvalue weighted by Gasteiger charge is -2.37. The maximum atomic E-state index is 13.2. The van der Waals surface area contributed by atoms with Crippen LogP contribution in [0.3, 0.4) is 0 Å². The third-order valence-corrected chi connectivity index (χ3v) is 7.67. The number of nitrogens with one attached hydrogen (secondary N) is 1. The number of aryl methyl sites for hydroxylation is 3. The van der Waals surface area contributed by atoms with Crippen LogP contribution in [-0.4, -0.2) is 54.9 Å². The lowest BCUT2D eigenvalue weighted by Crippen LogP contribution is -2.50. The summed E-state index contributed by atoms with van der Waals surface area (Å²) >= 11 is 11.8. The van der Waals surface area contributed by atoms with E-state index in [0.29, 0.717) is 60.0 Å². The topological polar surface area (TPSA) is 80.3 Å². The first kappa shape index (κ1) is 26.0. The Kier molecular flexibility index (Phi) is 7.02. The second kappa shape index (κ2) is 10.3. The smallest absolute Gasteiger partial charge is 0.332 e. The summed E-state index contributed by atoms with van der Waals surface area (Å²) in [7, 11) is 3.13. The molecular weight excluding hydrogens is 522 g/mol. The number of imidazole rings is 1. The van der Waals surface area contributed by atoms with Crippen molar-refractivity contribution in [2.45, 2.75) is 20.4 Å². The molecular formula is C27H30ClN7O2S. The number of thiocarbonyl (C=S) groups is 1. The minimum absolute atomic E-state index is 0.367. The van der Waals surface area contributed by atoms with Gasteiger partial charge in [0.15, 0.2) is 16.3 Å². The third kappa shape index (κ3) is 4.81.